The predicted molar refractivity (Wildman–Crippen MR) is 82.3 cm³/mol. The summed E-state index contributed by atoms with van der Waals surface area (Å²) >= 11 is 4.79. The second-order valence-electron chi connectivity index (χ2n) is 4.10. The number of hydrogen-bond donors (Lipinski definition) is 1. The van der Waals surface area contributed by atoms with Crippen LogP contribution < -0.4 is 5.73 Å². The minimum atomic E-state index is -0.523. The normalized spacial score (nSPS) is 11.5. The van der Waals surface area contributed by atoms with E-state index in [0.717, 1.165) is 9.35 Å². The van der Waals surface area contributed by atoms with Gasteiger partial charge in [-0.15, -0.1) is 11.3 Å². The molecular formula is C13H13BrN2O4S. The number of nitrogens with zero attached hydrogens (tertiary/aromatic N) is 1. The molecule has 2 N–H and O–H groups in total. The van der Waals surface area contributed by atoms with Crippen molar-refractivity contribution in [2.75, 3.05) is 7.11 Å². The number of aryl methyl sites for hydroxylation is 1. The standard InChI is InChI=1S/C13H13BrN2O4S/c1-7-3-9(20-11(7)13(17)18-2)5-19-16-12(15)10-4-8(14)6-21-10/h3-4,6H,5H2,1-2H3,(H2,15,16). The van der Waals surface area contributed by atoms with Gasteiger partial charge in [-0.05, 0) is 35.0 Å². The van der Waals surface area contributed by atoms with Gasteiger partial charge in [-0.1, -0.05) is 5.16 Å². The first-order chi connectivity index (χ1) is 10.0. The molecule has 112 valence electrons. The van der Waals surface area contributed by atoms with Crippen molar-refractivity contribution in [3.8, 4) is 0 Å². The van der Waals surface area contributed by atoms with Gasteiger partial charge in [0, 0.05) is 15.4 Å². The van der Waals surface area contributed by atoms with Crippen molar-refractivity contribution in [3.05, 3.63) is 43.9 Å². The van der Waals surface area contributed by atoms with E-state index in [1.807, 2.05) is 11.4 Å². The Balaban J connectivity index is 1.99. The average Bonchev–Trinajstić information content (AvgIpc) is 3.04. The molecule has 0 amide bonds. The Labute approximate surface area is 133 Å². The molecule has 0 unspecified atom stereocenters. The predicted octanol–water partition coefficient (Wildman–Crippen LogP) is 3.04. The van der Waals surface area contributed by atoms with Gasteiger partial charge in [-0.2, -0.15) is 0 Å². The zero-order valence-corrected chi connectivity index (χ0v) is 13.8. The summed E-state index contributed by atoms with van der Waals surface area (Å²) in [6.45, 7) is 1.82. The van der Waals surface area contributed by atoms with Gasteiger partial charge in [0.25, 0.3) is 0 Å². The van der Waals surface area contributed by atoms with E-state index in [1.54, 1.807) is 13.0 Å². The Kier molecular flexibility index (Phi) is 5.03. The Bertz CT molecular complexity index is 678. The highest BCUT2D eigenvalue weighted by molar-refractivity contribution is 9.10. The number of hydrogen-bond acceptors (Lipinski definition) is 6. The Morgan fingerprint density at radius 3 is 2.90 bits per heavy atom. The number of furan rings is 1. The van der Waals surface area contributed by atoms with Crippen LogP contribution in [0, 0.1) is 6.92 Å². The minimum Gasteiger partial charge on any atom is -0.463 e. The number of carbonyl (C=O) groups is 1. The van der Waals surface area contributed by atoms with Gasteiger partial charge in [0.15, 0.2) is 12.4 Å². The third-order valence-electron chi connectivity index (χ3n) is 2.53. The lowest BCUT2D eigenvalue weighted by Gasteiger charge is -1.98. The van der Waals surface area contributed by atoms with E-state index in [9.17, 15) is 4.79 Å². The number of methoxy groups -OCH3 is 1. The maximum Gasteiger partial charge on any atom is 0.374 e. The summed E-state index contributed by atoms with van der Waals surface area (Å²) in [6.07, 6.45) is 0. The third-order valence-corrected chi connectivity index (χ3v) is 4.24. The molecule has 0 saturated carbocycles. The van der Waals surface area contributed by atoms with Crippen molar-refractivity contribution in [1.82, 2.24) is 0 Å². The molecule has 0 aliphatic heterocycles. The van der Waals surface area contributed by atoms with Crippen molar-refractivity contribution < 1.29 is 18.8 Å². The fourth-order valence-electron chi connectivity index (χ4n) is 1.57. The quantitative estimate of drug-likeness (QED) is 0.377. The second kappa shape index (κ2) is 6.77. The smallest absolute Gasteiger partial charge is 0.374 e. The molecule has 2 aromatic rings. The van der Waals surface area contributed by atoms with Crippen LogP contribution in [-0.2, 0) is 16.2 Å². The van der Waals surface area contributed by atoms with Crippen LogP contribution in [0.4, 0.5) is 0 Å². The summed E-state index contributed by atoms with van der Waals surface area (Å²) in [5.41, 5.74) is 6.47. The highest BCUT2D eigenvalue weighted by Crippen LogP contribution is 2.20. The third kappa shape index (κ3) is 3.85. The van der Waals surface area contributed by atoms with E-state index in [2.05, 4.69) is 25.8 Å². The lowest BCUT2D eigenvalue weighted by Crippen LogP contribution is -2.11. The number of halogens is 1. The van der Waals surface area contributed by atoms with Crippen LogP contribution in [-0.4, -0.2) is 18.9 Å². The number of oxime groups is 1. The molecule has 0 aliphatic rings. The average molecular weight is 373 g/mol. The molecule has 0 saturated heterocycles. The topological polar surface area (TPSA) is 87.0 Å². The SMILES string of the molecule is COC(=O)c1oc(CON=C(N)c2cc(Br)cs2)cc1C. The molecule has 0 aromatic carbocycles. The molecule has 2 heterocycles. The molecule has 0 bridgehead atoms. The number of rotatable bonds is 5. The van der Waals surface area contributed by atoms with Gasteiger partial charge in [0.05, 0.1) is 12.0 Å². The molecular weight excluding hydrogens is 360 g/mol. The zero-order chi connectivity index (χ0) is 15.4. The van der Waals surface area contributed by atoms with Crippen LogP contribution in [0.25, 0.3) is 0 Å². The molecule has 8 heteroatoms. The summed E-state index contributed by atoms with van der Waals surface area (Å²) in [4.78, 5) is 17.3. The zero-order valence-electron chi connectivity index (χ0n) is 11.4. The molecule has 0 radical (unpaired) electrons. The van der Waals surface area contributed by atoms with Crippen molar-refractivity contribution in [2.45, 2.75) is 13.5 Å². The van der Waals surface area contributed by atoms with Gasteiger partial charge in [0.2, 0.25) is 5.76 Å². The van der Waals surface area contributed by atoms with Crippen LogP contribution in [0.3, 0.4) is 0 Å². The number of ether oxygens (including phenoxy) is 1. The van der Waals surface area contributed by atoms with Crippen LogP contribution in [0.2, 0.25) is 0 Å². The largest absolute Gasteiger partial charge is 0.463 e. The number of thiophene rings is 1. The van der Waals surface area contributed by atoms with Crippen LogP contribution in [0.5, 0.6) is 0 Å². The molecule has 6 nitrogen and oxygen atoms in total. The van der Waals surface area contributed by atoms with Crippen molar-refractivity contribution >= 4 is 39.1 Å². The van der Waals surface area contributed by atoms with Crippen LogP contribution >= 0.6 is 27.3 Å². The monoisotopic (exact) mass is 372 g/mol. The van der Waals surface area contributed by atoms with Gasteiger partial charge in [0.1, 0.15) is 5.76 Å². The van der Waals surface area contributed by atoms with Crippen LogP contribution in [0.15, 0.2) is 31.6 Å². The van der Waals surface area contributed by atoms with Gasteiger partial charge < -0.3 is 19.7 Å². The fourth-order valence-corrected chi connectivity index (χ4v) is 2.89. The van der Waals surface area contributed by atoms with Gasteiger partial charge >= 0.3 is 5.97 Å². The van der Waals surface area contributed by atoms with E-state index in [1.165, 1.54) is 18.4 Å². The summed E-state index contributed by atoms with van der Waals surface area (Å²) in [7, 11) is 1.30. The van der Waals surface area contributed by atoms with Crippen molar-refractivity contribution in [2.24, 2.45) is 10.9 Å². The van der Waals surface area contributed by atoms with Crippen molar-refractivity contribution in [3.63, 3.8) is 0 Å². The number of esters is 1. The summed E-state index contributed by atoms with van der Waals surface area (Å²) < 4.78 is 10.9. The molecule has 2 rings (SSSR count). The summed E-state index contributed by atoms with van der Waals surface area (Å²) in [5, 5.41) is 5.71. The Morgan fingerprint density at radius 2 is 2.29 bits per heavy atom. The van der Waals surface area contributed by atoms with E-state index < -0.39 is 5.97 Å². The molecule has 0 atom stereocenters. The molecule has 0 fully saturated rings. The van der Waals surface area contributed by atoms with Crippen molar-refractivity contribution in [1.29, 1.82) is 0 Å². The molecule has 0 spiro atoms. The highest BCUT2D eigenvalue weighted by Gasteiger charge is 2.16. The first-order valence-electron chi connectivity index (χ1n) is 5.88. The minimum absolute atomic E-state index is 0.0745. The molecule has 0 aliphatic carbocycles. The second-order valence-corrected chi connectivity index (χ2v) is 5.92. The molecule has 2 aromatic heterocycles. The Morgan fingerprint density at radius 1 is 1.52 bits per heavy atom. The Hall–Kier alpha value is -1.80. The fraction of sp³-hybridized carbons (Fsp3) is 0.231. The first-order valence-corrected chi connectivity index (χ1v) is 7.56. The lowest BCUT2D eigenvalue weighted by molar-refractivity contribution is 0.0552. The number of nitrogens with two attached hydrogens (primary N) is 1. The summed E-state index contributed by atoms with van der Waals surface area (Å²) in [5.74, 6) is 0.388. The van der Waals surface area contributed by atoms with E-state index in [4.69, 9.17) is 15.0 Å². The highest BCUT2D eigenvalue weighted by atomic mass is 79.9. The van der Waals surface area contributed by atoms with E-state index >= 15 is 0 Å². The van der Waals surface area contributed by atoms with E-state index in [0.29, 0.717) is 11.3 Å². The summed E-state index contributed by atoms with van der Waals surface area (Å²) in [6, 6.07) is 3.54. The van der Waals surface area contributed by atoms with Gasteiger partial charge in [-0.3, -0.25) is 0 Å². The maximum absolute atomic E-state index is 11.4. The lowest BCUT2D eigenvalue weighted by atomic mass is 10.3. The van der Waals surface area contributed by atoms with Gasteiger partial charge in [-0.25, -0.2) is 4.79 Å². The molecule has 21 heavy (non-hydrogen) atoms. The maximum atomic E-state index is 11.4. The van der Waals surface area contributed by atoms with Crippen LogP contribution in [0.1, 0.15) is 26.8 Å². The van der Waals surface area contributed by atoms with E-state index in [-0.39, 0.29) is 18.2 Å². The number of carbonyl (C=O) groups excluding carboxylic acids is 1. The first kappa shape index (κ1) is 15.6. The number of amidine groups is 1.